The molecule has 0 saturated heterocycles. The van der Waals surface area contributed by atoms with Gasteiger partial charge in [-0.25, -0.2) is 14.3 Å². The molecule has 0 unspecified atom stereocenters. The molecule has 148 valence electrons. The lowest BCUT2D eigenvalue weighted by Crippen LogP contribution is -2.40. The molecule has 1 aliphatic rings. The number of allylic oxidation sites excluding steroid dienone is 3. The van der Waals surface area contributed by atoms with E-state index >= 15 is 0 Å². The minimum Gasteiger partial charge on any atom is -0.464 e. The zero-order chi connectivity index (χ0) is 20.2. The molecule has 0 radical (unpaired) electrons. The first kappa shape index (κ1) is 20.5. The van der Waals surface area contributed by atoms with Crippen LogP contribution in [0.3, 0.4) is 0 Å². The Morgan fingerprint density at radius 2 is 1.93 bits per heavy atom. The maximum absolute atomic E-state index is 12.8. The normalized spacial score (nSPS) is 14.5. The number of rotatable bonds is 4. The maximum atomic E-state index is 12.8. The number of halogens is 3. The number of carbonyl (C=O) groups excluding carboxylic acids is 2. The van der Waals surface area contributed by atoms with Gasteiger partial charge in [-0.1, -0.05) is 12.2 Å². The molecule has 0 spiro atoms. The fourth-order valence-electron chi connectivity index (χ4n) is 2.04. The summed E-state index contributed by atoms with van der Waals surface area (Å²) in [6.07, 6.45) is 0.481. The molecular weight excluding hydrogens is 371 g/mol. The predicted molar refractivity (Wildman–Crippen MR) is 84.7 cm³/mol. The van der Waals surface area contributed by atoms with Crippen molar-refractivity contribution in [3.05, 3.63) is 29.6 Å². The van der Waals surface area contributed by atoms with Crippen LogP contribution in [0.25, 0.3) is 0 Å². The first-order valence-corrected chi connectivity index (χ1v) is 7.94. The molecular formula is C16H18F3N3O5. The van der Waals surface area contributed by atoms with Crippen LogP contribution in [0.2, 0.25) is 0 Å². The van der Waals surface area contributed by atoms with Gasteiger partial charge in [0.1, 0.15) is 5.60 Å². The molecule has 1 aromatic heterocycles. The number of carbonyl (C=O) groups is 2. The van der Waals surface area contributed by atoms with Gasteiger partial charge in [-0.3, -0.25) is 4.79 Å². The molecule has 0 aromatic carbocycles. The molecule has 1 heterocycles. The lowest BCUT2D eigenvalue weighted by atomic mass is 10.1. The van der Waals surface area contributed by atoms with E-state index < -0.39 is 42.0 Å². The van der Waals surface area contributed by atoms with Crippen molar-refractivity contribution in [1.82, 2.24) is 15.2 Å². The van der Waals surface area contributed by atoms with Gasteiger partial charge in [0.05, 0.1) is 5.70 Å². The van der Waals surface area contributed by atoms with Gasteiger partial charge in [-0.2, -0.15) is 13.2 Å². The van der Waals surface area contributed by atoms with Crippen LogP contribution in [0.5, 0.6) is 5.88 Å². The highest BCUT2D eigenvalue weighted by atomic mass is 19.4. The number of imide groups is 1. The third kappa shape index (κ3) is 5.83. The molecule has 0 atom stereocenters. The summed E-state index contributed by atoms with van der Waals surface area (Å²) in [5.74, 6) is -1.85. The molecule has 2 rings (SSSR count). The van der Waals surface area contributed by atoms with Crippen molar-refractivity contribution in [2.24, 2.45) is 0 Å². The van der Waals surface area contributed by atoms with Crippen LogP contribution in [0.15, 0.2) is 28.6 Å². The minimum absolute atomic E-state index is 0.199. The Morgan fingerprint density at radius 3 is 2.48 bits per heavy atom. The lowest BCUT2D eigenvalue weighted by molar-refractivity contribution is -0.154. The highest BCUT2D eigenvalue weighted by Gasteiger charge is 2.36. The van der Waals surface area contributed by atoms with Crippen LogP contribution < -0.4 is 4.74 Å². The van der Waals surface area contributed by atoms with Crippen molar-refractivity contribution in [3.63, 3.8) is 0 Å². The number of amides is 2. The lowest BCUT2D eigenvalue weighted by Gasteiger charge is -2.27. The molecule has 0 N–H and O–H groups in total. The Kier molecular flexibility index (Phi) is 5.91. The van der Waals surface area contributed by atoms with Gasteiger partial charge < -0.3 is 9.47 Å². The van der Waals surface area contributed by atoms with Crippen molar-refractivity contribution >= 4 is 12.0 Å². The molecule has 0 bridgehead atoms. The average Bonchev–Trinajstić information content (AvgIpc) is 3.00. The number of aromatic nitrogens is 2. The Bertz CT molecular complexity index is 762. The van der Waals surface area contributed by atoms with Gasteiger partial charge in [0.15, 0.2) is 6.61 Å². The van der Waals surface area contributed by atoms with E-state index in [1.807, 2.05) is 0 Å². The van der Waals surface area contributed by atoms with Crippen LogP contribution in [-0.2, 0) is 4.74 Å². The zero-order valence-electron chi connectivity index (χ0n) is 14.9. The second-order valence-electron chi connectivity index (χ2n) is 6.55. The van der Waals surface area contributed by atoms with E-state index in [0.29, 0.717) is 17.7 Å². The standard InChI is InChI=1S/C16H18F3N3O5/c1-15(2,3)26-14(24)22(10-7-5-4-6-8-10)13(23)11-12(21-27-20-11)25-9-16(17,18)19/h5,7-8H,4,6,9H2,1-3H3. The second-order valence-corrected chi connectivity index (χ2v) is 6.55. The van der Waals surface area contributed by atoms with Crippen molar-refractivity contribution in [2.45, 2.75) is 45.4 Å². The summed E-state index contributed by atoms with van der Waals surface area (Å²) in [4.78, 5) is 26.0. The van der Waals surface area contributed by atoms with Crippen LogP contribution in [0.4, 0.5) is 18.0 Å². The quantitative estimate of drug-likeness (QED) is 0.776. The van der Waals surface area contributed by atoms with Crippen molar-refractivity contribution in [2.75, 3.05) is 6.61 Å². The summed E-state index contributed by atoms with van der Waals surface area (Å²) < 4.78 is 51.0. The number of hydrogen-bond donors (Lipinski definition) is 0. The molecule has 2 amide bonds. The highest BCUT2D eigenvalue weighted by molar-refractivity contribution is 6.04. The zero-order valence-corrected chi connectivity index (χ0v) is 14.9. The van der Waals surface area contributed by atoms with Gasteiger partial charge in [0.25, 0.3) is 11.8 Å². The smallest absolute Gasteiger partial charge is 0.422 e. The van der Waals surface area contributed by atoms with Gasteiger partial charge in [-0.05, 0) is 50.0 Å². The highest BCUT2D eigenvalue weighted by Crippen LogP contribution is 2.25. The summed E-state index contributed by atoms with van der Waals surface area (Å²) in [6, 6.07) is 0. The fraction of sp³-hybridized carbons (Fsp3) is 0.500. The van der Waals surface area contributed by atoms with E-state index in [1.54, 1.807) is 32.9 Å². The topological polar surface area (TPSA) is 94.8 Å². The third-order valence-corrected chi connectivity index (χ3v) is 3.05. The number of ether oxygens (including phenoxy) is 2. The van der Waals surface area contributed by atoms with Crippen molar-refractivity contribution in [1.29, 1.82) is 0 Å². The van der Waals surface area contributed by atoms with E-state index in [1.165, 1.54) is 6.08 Å². The third-order valence-electron chi connectivity index (χ3n) is 3.05. The minimum atomic E-state index is -4.65. The second kappa shape index (κ2) is 7.80. The number of nitrogens with zero attached hydrogens (tertiary/aromatic N) is 3. The SMILES string of the molecule is CC(C)(C)OC(=O)N(C(=O)c1nonc1OCC(F)(F)F)C1=CCCC=C1. The molecule has 1 aromatic rings. The Morgan fingerprint density at radius 1 is 1.22 bits per heavy atom. The van der Waals surface area contributed by atoms with Crippen LogP contribution in [0.1, 0.15) is 44.1 Å². The van der Waals surface area contributed by atoms with Gasteiger partial charge in [0.2, 0.25) is 5.69 Å². The largest absolute Gasteiger partial charge is 0.464 e. The average molecular weight is 389 g/mol. The van der Waals surface area contributed by atoms with Gasteiger partial charge in [0, 0.05) is 0 Å². The molecule has 27 heavy (non-hydrogen) atoms. The summed E-state index contributed by atoms with van der Waals surface area (Å²) in [7, 11) is 0. The van der Waals surface area contributed by atoms with Crippen molar-refractivity contribution < 1.29 is 36.9 Å². The monoisotopic (exact) mass is 389 g/mol. The predicted octanol–water partition coefficient (Wildman–Crippen LogP) is 3.62. The summed E-state index contributed by atoms with van der Waals surface area (Å²) in [5, 5.41) is 6.44. The molecule has 0 fully saturated rings. The Hall–Kier alpha value is -2.85. The Balaban J connectivity index is 2.32. The van der Waals surface area contributed by atoms with Crippen molar-refractivity contribution in [3.8, 4) is 5.88 Å². The van der Waals surface area contributed by atoms with Crippen LogP contribution in [-0.4, -0.2) is 45.6 Å². The fourth-order valence-corrected chi connectivity index (χ4v) is 2.04. The summed E-state index contributed by atoms with van der Waals surface area (Å²) >= 11 is 0. The Labute approximate surface area is 152 Å². The van der Waals surface area contributed by atoms with Gasteiger partial charge in [-0.15, -0.1) is 0 Å². The van der Waals surface area contributed by atoms with E-state index in [4.69, 9.17) is 4.74 Å². The molecule has 11 heteroatoms. The summed E-state index contributed by atoms with van der Waals surface area (Å²) in [5.41, 5.74) is -1.39. The van der Waals surface area contributed by atoms with E-state index in [2.05, 4.69) is 19.7 Å². The van der Waals surface area contributed by atoms with Crippen LogP contribution in [0, 0.1) is 0 Å². The van der Waals surface area contributed by atoms with E-state index in [0.717, 1.165) is 0 Å². The number of hydrogen-bond acceptors (Lipinski definition) is 7. The first-order chi connectivity index (χ1) is 12.5. The number of alkyl halides is 3. The van der Waals surface area contributed by atoms with Crippen LogP contribution >= 0.6 is 0 Å². The van der Waals surface area contributed by atoms with E-state index in [-0.39, 0.29) is 5.70 Å². The first-order valence-electron chi connectivity index (χ1n) is 7.94. The van der Waals surface area contributed by atoms with Gasteiger partial charge >= 0.3 is 12.3 Å². The molecule has 0 aliphatic heterocycles. The summed E-state index contributed by atoms with van der Waals surface area (Å²) in [6.45, 7) is 3.12. The van der Waals surface area contributed by atoms with E-state index in [9.17, 15) is 22.8 Å². The molecule has 1 aliphatic carbocycles. The molecule has 0 saturated carbocycles. The molecule has 8 nitrogen and oxygen atoms in total. The maximum Gasteiger partial charge on any atom is 0.422 e.